The van der Waals surface area contributed by atoms with Gasteiger partial charge in [0.25, 0.3) is 5.91 Å². The molecule has 0 spiro atoms. The number of benzene rings is 2. The molecular formula is C19H17Cl2N3O2S. The van der Waals surface area contributed by atoms with Gasteiger partial charge < -0.3 is 10.6 Å². The van der Waals surface area contributed by atoms with E-state index in [2.05, 4.69) is 16.7 Å². The largest absolute Gasteiger partial charge is 0.354 e. The molecule has 0 unspecified atom stereocenters. The molecule has 0 aliphatic heterocycles. The third-order valence-corrected chi connectivity index (χ3v) is 5.24. The molecule has 0 aliphatic carbocycles. The van der Waals surface area contributed by atoms with Crippen LogP contribution in [-0.4, -0.2) is 30.7 Å². The molecule has 0 saturated carbocycles. The van der Waals surface area contributed by atoms with E-state index in [0.717, 1.165) is 5.56 Å². The number of carbonyl (C=O) groups excluding carboxylic acids is 2. The minimum atomic E-state index is -0.280. The Morgan fingerprint density at radius 1 is 1.00 bits per heavy atom. The maximum absolute atomic E-state index is 12.0. The van der Waals surface area contributed by atoms with E-state index in [-0.39, 0.29) is 11.8 Å². The summed E-state index contributed by atoms with van der Waals surface area (Å²) in [6.45, 7) is 0.647. The van der Waals surface area contributed by atoms with Crippen LogP contribution in [0, 0.1) is 11.3 Å². The average molecular weight is 422 g/mol. The lowest BCUT2D eigenvalue weighted by Gasteiger charge is -2.08. The van der Waals surface area contributed by atoms with Crippen molar-refractivity contribution in [3.8, 4) is 6.07 Å². The molecule has 0 saturated heterocycles. The molecule has 8 heteroatoms. The number of thioether (sulfide) groups is 1. The number of nitriles is 1. The number of halogens is 2. The summed E-state index contributed by atoms with van der Waals surface area (Å²) < 4.78 is 0. The lowest BCUT2D eigenvalue weighted by atomic mass is 10.2. The Bertz CT molecular complexity index is 851. The van der Waals surface area contributed by atoms with Crippen molar-refractivity contribution in [1.29, 1.82) is 5.26 Å². The van der Waals surface area contributed by atoms with Crippen LogP contribution in [0.15, 0.2) is 42.5 Å². The van der Waals surface area contributed by atoms with E-state index in [1.165, 1.54) is 17.8 Å². The SMILES string of the molecule is N#Cc1ccc(CSCC(=O)NCCNC(=O)c2ccc(Cl)c(Cl)c2)cc1. The van der Waals surface area contributed by atoms with Gasteiger partial charge in [-0.05, 0) is 35.9 Å². The average Bonchev–Trinajstić information content (AvgIpc) is 2.67. The molecule has 2 N–H and O–H groups in total. The Balaban J connectivity index is 1.62. The van der Waals surface area contributed by atoms with Gasteiger partial charge in [0.05, 0.1) is 27.4 Å². The number of carbonyl (C=O) groups is 2. The van der Waals surface area contributed by atoms with Crippen LogP contribution in [0.1, 0.15) is 21.5 Å². The zero-order valence-corrected chi connectivity index (χ0v) is 16.6. The quantitative estimate of drug-likeness (QED) is 0.637. The van der Waals surface area contributed by atoms with Gasteiger partial charge in [-0.3, -0.25) is 9.59 Å². The summed E-state index contributed by atoms with van der Waals surface area (Å²) in [4.78, 5) is 23.8. The van der Waals surface area contributed by atoms with Crippen molar-refractivity contribution in [1.82, 2.24) is 10.6 Å². The second-order valence-electron chi connectivity index (χ2n) is 5.54. The molecule has 2 amide bonds. The van der Waals surface area contributed by atoms with Crippen LogP contribution in [0.3, 0.4) is 0 Å². The van der Waals surface area contributed by atoms with Gasteiger partial charge in [-0.25, -0.2) is 0 Å². The Kier molecular flexibility index (Phi) is 8.46. The van der Waals surface area contributed by atoms with Gasteiger partial charge in [-0.15, -0.1) is 11.8 Å². The smallest absolute Gasteiger partial charge is 0.251 e. The van der Waals surface area contributed by atoms with Crippen molar-refractivity contribution in [2.45, 2.75) is 5.75 Å². The first kappa shape index (κ1) is 21.1. The lowest BCUT2D eigenvalue weighted by Crippen LogP contribution is -2.35. The summed E-state index contributed by atoms with van der Waals surface area (Å²) in [6, 6.07) is 14.0. The number of nitrogens with one attached hydrogen (secondary N) is 2. The van der Waals surface area contributed by atoms with Crippen LogP contribution in [0.25, 0.3) is 0 Å². The van der Waals surface area contributed by atoms with E-state index in [0.29, 0.717) is 45.8 Å². The second-order valence-corrected chi connectivity index (χ2v) is 7.34. The molecule has 27 heavy (non-hydrogen) atoms. The first-order chi connectivity index (χ1) is 13.0. The summed E-state index contributed by atoms with van der Waals surface area (Å²) in [5.41, 5.74) is 2.08. The summed E-state index contributed by atoms with van der Waals surface area (Å²) >= 11 is 13.2. The zero-order valence-electron chi connectivity index (χ0n) is 14.3. The Labute approximate surface area is 172 Å². The van der Waals surface area contributed by atoms with Crippen molar-refractivity contribution >= 4 is 46.8 Å². The maximum Gasteiger partial charge on any atom is 0.251 e. The molecular weight excluding hydrogens is 405 g/mol. The highest BCUT2D eigenvalue weighted by molar-refractivity contribution is 7.99. The third-order valence-electron chi connectivity index (χ3n) is 3.50. The standard InChI is InChI=1S/C19H17Cl2N3O2S/c20-16-6-5-15(9-17(16)21)19(26)24-8-7-23-18(25)12-27-11-14-3-1-13(10-22)2-4-14/h1-6,9H,7-8,11-12H2,(H,23,25)(H,24,26). The van der Waals surface area contributed by atoms with Gasteiger partial charge >= 0.3 is 0 Å². The molecule has 0 bridgehead atoms. The van der Waals surface area contributed by atoms with Crippen LogP contribution in [-0.2, 0) is 10.5 Å². The Hall–Kier alpha value is -2.20. The molecule has 0 atom stereocenters. The number of amides is 2. The molecule has 0 radical (unpaired) electrons. The van der Waals surface area contributed by atoms with Crippen molar-refractivity contribution in [2.75, 3.05) is 18.8 Å². The second kappa shape index (κ2) is 10.8. The highest BCUT2D eigenvalue weighted by Crippen LogP contribution is 2.22. The summed E-state index contributed by atoms with van der Waals surface area (Å²) in [6.07, 6.45) is 0. The minimum Gasteiger partial charge on any atom is -0.354 e. The highest BCUT2D eigenvalue weighted by Gasteiger charge is 2.08. The van der Waals surface area contributed by atoms with Crippen LogP contribution in [0.5, 0.6) is 0 Å². The molecule has 0 heterocycles. The van der Waals surface area contributed by atoms with E-state index in [9.17, 15) is 9.59 Å². The number of rotatable bonds is 8. The minimum absolute atomic E-state index is 0.0996. The molecule has 0 aliphatic rings. The van der Waals surface area contributed by atoms with E-state index in [4.69, 9.17) is 28.5 Å². The van der Waals surface area contributed by atoms with Crippen LogP contribution in [0.2, 0.25) is 10.0 Å². The molecule has 5 nitrogen and oxygen atoms in total. The topological polar surface area (TPSA) is 82.0 Å². The normalized spacial score (nSPS) is 10.1. The van der Waals surface area contributed by atoms with Crippen molar-refractivity contribution in [3.63, 3.8) is 0 Å². The van der Waals surface area contributed by atoms with E-state index in [1.54, 1.807) is 24.3 Å². The van der Waals surface area contributed by atoms with E-state index < -0.39 is 0 Å². The van der Waals surface area contributed by atoms with Crippen LogP contribution in [0.4, 0.5) is 0 Å². The number of nitrogens with zero attached hydrogens (tertiary/aromatic N) is 1. The predicted molar refractivity (Wildman–Crippen MR) is 109 cm³/mol. The van der Waals surface area contributed by atoms with Gasteiger partial charge in [0.1, 0.15) is 0 Å². The monoisotopic (exact) mass is 421 g/mol. The van der Waals surface area contributed by atoms with Gasteiger partial charge in [0.15, 0.2) is 0 Å². The fourth-order valence-corrected chi connectivity index (χ4v) is 3.22. The number of hydrogen-bond donors (Lipinski definition) is 2. The molecule has 140 valence electrons. The van der Waals surface area contributed by atoms with Crippen molar-refractivity contribution in [2.24, 2.45) is 0 Å². The Morgan fingerprint density at radius 3 is 2.37 bits per heavy atom. The van der Waals surface area contributed by atoms with E-state index >= 15 is 0 Å². The fraction of sp³-hybridized carbons (Fsp3) is 0.211. The first-order valence-corrected chi connectivity index (χ1v) is 9.97. The van der Waals surface area contributed by atoms with Crippen LogP contribution >= 0.6 is 35.0 Å². The molecule has 2 aromatic carbocycles. The lowest BCUT2D eigenvalue weighted by molar-refractivity contribution is -0.118. The Morgan fingerprint density at radius 2 is 1.70 bits per heavy atom. The van der Waals surface area contributed by atoms with Crippen molar-refractivity contribution < 1.29 is 9.59 Å². The van der Waals surface area contributed by atoms with Gasteiger partial charge in [0, 0.05) is 24.4 Å². The van der Waals surface area contributed by atoms with Crippen molar-refractivity contribution in [3.05, 3.63) is 69.2 Å². The summed E-state index contributed by atoms with van der Waals surface area (Å²) in [5.74, 6) is 0.629. The predicted octanol–water partition coefficient (Wildman–Crippen LogP) is 3.64. The molecule has 2 rings (SSSR count). The maximum atomic E-state index is 12.0. The van der Waals surface area contributed by atoms with Gasteiger partial charge in [0.2, 0.25) is 5.91 Å². The van der Waals surface area contributed by atoms with Gasteiger partial charge in [-0.2, -0.15) is 5.26 Å². The number of hydrogen-bond acceptors (Lipinski definition) is 4. The molecule has 0 fully saturated rings. The highest BCUT2D eigenvalue weighted by atomic mass is 35.5. The zero-order chi connectivity index (χ0) is 19.6. The van der Waals surface area contributed by atoms with Crippen LogP contribution < -0.4 is 10.6 Å². The third kappa shape index (κ3) is 7.14. The summed E-state index contributed by atoms with van der Waals surface area (Å²) in [7, 11) is 0. The van der Waals surface area contributed by atoms with Gasteiger partial charge in [-0.1, -0.05) is 35.3 Å². The molecule has 2 aromatic rings. The summed E-state index contributed by atoms with van der Waals surface area (Å²) in [5, 5.41) is 14.9. The first-order valence-electron chi connectivity index (χ1n) is 8.06. The van der Waals surface area contributed by atoms with E-state index in [1.807, 2.05) is 12.1 Å². The fourth-order valence-electron chi connectivity index (χ4n) is 2.11. The molecule has 0 aromatic heterocycles.